The second kappa shape index (κ2) is 8.07. The van der Waals surface area contributed by atoms with Gasteiger partial charge >= 0.3 is 0 Å². The Labute approximate surface area is 180 Å². The lowest BCUT2D eigenvalue weighted by atomic mass is 9.95. The first-order chi connectivity index (χ1) is 14.8. The van der Waals surface area contributed by atoms with Gasteiger partial charge in [-0.05, 0) is 42.5 Å². The van der Waals surface area contributed by atoms with Crippen LogP contribution in [0.15, 0.2) is 73.2 Å². The van der Waals surface area contributed by atoms with E-state index < -0.39 is 5.41 Å². The summed E-state index contributed by atoms with van der Waals surface area (Å²) in [6.07, 6.45) is 5.12. The molecule has 0 saturated carbocycles. The van der Waals surface area contributed by atoms with Crippen LogP contribution < -0.4 is 5.32 Å². The first kappa shape index (κ1) is 20.3. The smallest absolute Gasteiger partial charge is 0.229 e. The van der Waals surface area contributed by atoms with Crippen LogP contribution >= 0.6 is 0 Å². The number of carbonyl (C=O) groups is 2. The van der Waals surface area contributed by atoms with Crippen molar-refractivity contribution in [3.63, 3.8) is 0 Å². The quantitative estimate of drug-likeness (QED) is 0.483. The van der Waals surface area contributed by atoms with Gasteiger partial charge in [-0.15, -0.1) is 0 Å². The molecule has 0 bridgehead atoms. The van der Waals surface area contributed by atoms with Gasteiger partial charge in [-0.3, -0.25) is 19.6 Å². The summed E-state index contributed by atoms with van der Waals surface area (Å²) in [5.41, 5.74) is 3.94. The summed E-state index contributed by atoms with van der Waals surface area (Å²) in [5.74, 6) is -0.261. The van der Waals surface area contributed by atoms with Crippen LogP contribution in [0.3, 0.4) is 0 Å². The zero-order chi connectivity index (χ0) is 22.0. The van der Waals surface area contributed by atoms with E-state index in [9.17, 15) is 9.59 Å². The van der Waals surface area contributed by atoms with Crippen molar-refractivity contribution in [3.8, 4) is 11.3 Å². The summed E-state index contributed by atoms with van der Waals surface area (Å²) >= 11 is 0. The summed E-state index contributed by atoms with van der Waals surface area (Å²) in [5, 5.41) is 2.86. The van der Waals surface area contributed by atoms with Crippen molar-refractivity contribution in [2.75, 3.05) is 5.32 Å². The van der Waals surface area contributed by atoms with Crippen molar-refractivity contribution in [2.24, 2.45) is 5.41 Å². The second-order valence-electron chi connectivity index (χ2n) is 8.31. The summed E-state index contributed by atoms with van der Waals surface area (Å²) < 4.78 is 0. The fourth-order valence-electron chi connectivity index (χ4n) is 3.03. The highest BCUT2D eigenvalue weighted by atomic mass is 16.2. The first-order valence-electron chi connectivity index (χ1n) is 9.95. The van der Waals surface area contributed by atoms with Crippen LogP contribution in [0.25, 0.3) is 22.3 Å². The van der Waals surface area contributed by atoms with E-state index in [0.29, 0.717) is 33.5 Å². The van der Waals surface area contributed by atoms with Crippen molar-refractivity contribution >= 4 is 28.4 Å². The number of nitrogens with one attached hydrogen (secondary N) is 1. The van der Waals surface area contributed by atoms with Gasteiger partial charge in [0.2, 0.25) is 5.91 Å². The normalized spacial score (nSPS) is 11.3. The number of hydrogen-bond acceptors (Lipinski definition) is 5. The number of anilines is 1. The number of amides is 1. The van der Waals surface area contributed by atoms with Crippen LogP contribution in [-0.2, 0) is 4.79 Å². The highest BCUT2D eigenvalue weighted by Gasteiger charge is 2.21. The number of hydrogen-bond donors (Lipinski definition) is 1. The number of benzene rings is 2. The third-order valence-corrected chi connectivity index (χ3v) is 4.83. The van der Waals surface area contributed by atoms with Crippen molar-refractivity contribution in [2.45, 2.75) is 20.8 Å². The molecule has 31 heavy (non-hydrogen) atoms. The van der Waals surface area contributed by atoms with E-state index >= 15 is 0 Å². The van der Waals surface area contributed by atoms with E-state index in [1.54, 1.807) is 61.1 Å². The SMILES string of the molecule is CC(C)(C)C(=O)Nc1cccc(C(=O)c2ccc3ncc(-c4cccnc4)nc3c2)c1. The molecule has 1 N–H and O–H groups in total. The molecule has 154 valence electrons. The lowest BCUT2D eigenvalue weighted by Crippen LogP contribution is -2.27. The molecule has 2 aromatic carbocycles. The van der Waals surface area contributed by atoms with E-state index in [1.807, 2.05) is 32.9 Å². The van der Waals surface area contributed by atoms with Crippen molar-refractivity contribution in [1.29, 1.82) is 0 Å². The number of fused-ring (bicyclic) bond motifs is 1. The number of ketones is 1. The van der Waals surface area contributed by atoms with Gasteiger partial charge in [-0.1, -0.05) is 32.9 Å². The molecular weight excluding hydrogens is 388 g/mol. The fourth-order valence-corrected chi connectivity index (χ4v) is 3.03. The van der Waals surface area contributed by atoms with Crippen molar-refractivity contribution < 1.29 is 9.59 Å². The van der Waals surface area contributed by atoms with E-state index in [2.05, 4.69) is 20.3 Å². The van der Waals surface area contributed by atoms with Crippen LogP contribution in [-0.4, -0.2) is 26.6 Å². The highest BCUT2D eigenvalue weighted by molar-refractivity contribution is 6.11. The highest BCUT2D eigenvalue weighted by Crippen LogP contribution is 2.22. The van der Waals surface area contributed by atoms with Gasteiger partial charge in [-0.25, -0.2) is 4.98 Å². The molecule has 0 fully saturated rings. The maximum atomic E-state index is 13.1. The molecule has 0 spiro atoms. The molecule has 0 saturated heterocycles. The Morgan fingerprint density at radius 3 is 2.42 bits per heavy atom. The predicted molar refractivity (Wildman–Crippen MR) is 121 cm³/mol. The molecule has 0 aliphatic carbocycles. The number of aromatic nitrogens is 3. The summed E-state index contributed by atoms with van der Waals surface area (Å²) in [7, 11) is 0. The van der Waals surface area contributed by atoms with Gasteiger partial charge in [0.1, 0.15) is 0 Å². The van der Waals surface area contributed by atoms with Crippen LogP contribution in [0, 0.1) is 5.41 Å². The Morgan fingerprint density at radius 1 is 0.871 bits per heavy atom. The van der Waals surface area contributed by atoms with Crippen molar-refractivity contribution in [1.82, 2.24) is 15.0 Å². The van der Waals surface area contributed by atoms with Crippen LogP contribution in [0.5, 0.6) is 0 Å². The Balaban J connectivity index is 1.65. The molecule has 2 heterocycles. The van der Waals surface area contributed by atoms with Gasteiger partial charge in [0.25, 0.3) is 0 Å². The summed E-state index contributed by atoms with van der Waals surface area (Å²) in [6, 6.07) is 16.0. The second-order valence-corrected chi connectivity index (χ2v) is 8.31. The monoisotopic (exact) mass is 410 g/mol. The van der Waals surface area contributed by atoms with Gasteiger partial charge in [0.05, 0.1) is 22.9 Å². The number of carbonyl (C=O) groups excluding carboxylic acids is 2. The minimum Gasteiger partial charge on any atom is -0.326 e. The lowest BCUT2D eigenvalue weighted by molar-refractivity contribution is -0.123. The minimum absolute atomic E-state index is 0.110. The fraction of sp³-hybridized carbons (Fsp3) is 0.160. The molecule has 2 aromatic heterocycles. The molecule has 4 rings (SSSR count). The maximum absolute atomic E-state index is 13.1. The van der Waals surface area contributed by atoms with Gasteiger partial charge < -0.3 is 5.32 Å². The van der Waals surface area contributed by atoms with E-state index in [1.165, 1.54) is 0 Å². The first-order valence-corrected chi connectivity index (χ1v) is 9.95. The van der Waals surface area contributed by atoms with Crippen LogP contribution in [0.1, 0.15) is 36.7 Å². The molecular formula is C25H22N4O2. The van der Waals surface area contributed by atoms with E-state index in [-0.39, 0.29) is 11.7 Å². The Morgan fingerprint density at radius 2 is 1.68 bits per heavy atom. The topological polar surface area (TPSA) is 84.8 Å². The molecule has 0 radical (unpaired) electrons. The average molecular weight is 410 g/mol. The zero-order valence-electron chi connectivity index (χ0n) is 17.6. The number of nitrogens with zero attached hydrogens (tertiary/aromatic N) is 3. The largest absolute Gasteiger partial charge is 0.326 e. The van der Waals surface area contributed by atoms with Gasteiger partial charge in [0.15, 0.2) is 5.78 Å². The predicted octanol–water partition coefficient (Wildman–Crippen LogP) is 4.91. The number of rotatable bonds is 4. The van der Waals surface area contributed by atoms with Crippen molar-refractivity contribution in [3.05, 3.63) is 84.3 Å². The Hall–Kier alpha value is -3.93. The Kier molecular flexibility index (Phi) is 5.29. The summed E-state index contributed by atoms with van der Waals surface area (Å²) in [4.78, 5) is 38.6. The summed E-state index contributed by atoms with van der Waals surface area (Å²) in [6.45, 7) is 5.52. The third-order valence-electron chi connectivity index (χ3n) is 4.83. The standard InChI is InChI=1S/C25H22N4O2/c1-25(2,3)24(31)28-19-8-4-6-16(12-19)23(30)17-9-10-20-21(13-17)29-22(15-27-20)18-7-5-11-26-14-18/h4-15H,1-3H3,(H,28,31). The molecule has 0 aliphatic heterocycles. The molecule has 0 atom stereocenters. The van der Waals surface area contributed by atoms with E-state index in [4.69, 9.17) is 0 Å². The molecule has 0 aliphatic rings. The lowest BCUT2D eigenvalue weighted by Gasteiger charge is -2.18. The minimum atomic E-state index is -0.525. The molecule has 4 aromatic rings. The third kappa shape index (κ3) is 4.48. The maximum Gasteiger partial charge on any atom is 0.229 e. The average Bonchev–Trinajstić information content (AvgIpc) is 2.78. The molecule has 6 heteroatoms. The molecule has 1 amide bonds. The molecule has 6 nitrogen and oxygen atoms in total. The molecule has 0 unspecified atom stereocenters. The Bertz CT molecular complexity index is 1280. The van der Waals surface area contributed by atoms with Gasteiger partial charge in [-0.2, -0.15) is 0 Å². The van der Waals surface area contributed by atoms with Gasteiger partial charge in [0, 0.05) is 40.2 Å². The van der Waals surface area contributed by atoms with Crippen LogP contribution in [0.2, 0.25) is 0 Å². The zero-order valence-corrected chi connectivity index (χ0v) is 17.6. The van der Waals surface area contributed by atoms with Crippen LogP contribution in [0.4, 0.5) is 5.69 Å². The number of pyridine rings is 1. The van der Waals surface area contributed by atoms with E-state index in [0.717, 1.165) is 5.56 Å².